The highest BCUT2D eigenvalue weighted by Crippen LogP contribution is 2.59. The van der Waals surface area contributed by atoms with Crippen molar-refractivity contribution in [3.05, 3.63) is 444 Å². The van der Waals surface area contributed by atoms with Crippen LogP contribution in [0.25, 0.3) is 131 Å². The minimum Gasteiger partial charge on any atom is -0.496 e. The zero-order valence-electron chi connectivity index (χ0n) is 62.4. The molecule has 6 nitrogen and oxygen atoms in total. The quantitative estimate of drug-likeness (QED) is 0.0707. The first-order valence-electron chi connectivity index (χ1n) is 37.7. The van der Waals surface area contributed by atoms with Crippen LogP contribution in [0.15, 0.2) is 388 Å². The molecule has 2 aliphatic carbocycles. The second kappa shape index (κ2) is 32.7. The molecule has 2 aliphatic rings. The molecule has 0 atom stereocenters. The summed E-state index contributed by atoms with van der Waals surface area (Å²) in [6.45, 7) is 0. The van der Waals surface area contributed by atoms with Gasteiger partial charge in [0.2, 0.25) is 0 Å². The summed E-state index contributed by atoms with van der Waals surface area (Å²) in [5.74, 6) is 0.890. The molecule has 0 fully saturated rings. The molecule has 18 rings (SSSR count). The minimum atomic E-state index is -0.136. The van der Waals surface area contributed by atoms with Crippen LogP contribution in [0.2, 0.25) is 0 Å². The SMILES string of the molecule is COc1cc(-c2c(-c3ccccc3)sc(-c3ccccc3)c2-c2ccccc2)c(C=O)cc1-c1c(-c2ccccc2)sc(-c2ccccc2)c1-c1ccccc1.COc1cc(C2=C(c3ccccc3)C(=O)C(c3ccccc3)=C2c2ccccc2)c(C=O)cc1C1=C(c2ccccc2)C(=O)C(c2ccccc2)=C1c1ccccc1. The van der Waals surface area contributed by atoms with Crippen LogP contribution in [-0.2, 0) is 9.59 Å². The summed E-state index contributed by atoms with van der Waals surface area (Å²) in [6, 6.07) is 129. The number of methoxy groups -OCH3 is 2. The fourth-order valence-corrected chi connectivity index (χ4v) is 18.6. The van der Waals surface area contributed by atoms with Gasteiger partial charge in [-0.25, -0.2) is 0 Å². The Hall–Kier alpha value is -14.3. The molecule has 0 amide bonds. The Labute approximate surface area is 671 Å². The van der Waals surface area contributed by atoms with Crippen molar-refractivity contribution >= 4 is 91.4 Å². The van der Waals surface area contributed by atoms with Gasteiger partial charge < -0.3 is 9.47 Å². The number of rotatable bonds is 20. The molecule has 0 unspecified atom stereocenters. The Balaban J connectivity index is 0.000000165. The van der Waals surface area contributed by atoms with Gasteiger partial charge in [0.25, 0.3) is 0 Å². The average Bonchev–Trinajstić information content (AvgIpc) is 1.56. The molecule has 114 heavy (non-hydrogen) atoms. The van der Waals surface area contributed by atoms with Gasteiger partial charge in [0.05, 0.1) is 14.2 Å². The van der Waals surface area contributed by atoms with E-state index in [1.807, 2.05) is 218 Å². The fourth-order valence-electron chi connectivity index (χ4n) is 15.9. The van der Waals surface area contributed by atoms with Crippen LogP contribution in [-0.4, -0.2) is 38.4 Å². The molecule has 16 aromatic rings. The molecule has 0 aliphatic heterocycles. The number of allylic oxidation sites excluding steroid dienone is 8. The topological polar surface area (TPSA) is 86.7 Å². The molecule has 0 N–H and O–H groups in total. The lowest BCUT2D eigenvalue weighted by molar-refractivity contribution is -0.109. The Morgan fingerprint density at radius 3 is 0.711 bits per heavy atom. The van der Waals surface area contributed by atoms with Crippen molar-refractivity contribution in [3.63, 3.8) is 0 Å². The molecule has 14 aromatic carbocycles. The number of hydrogen-bond acceptors (Lipinski definition) is 8. The van der Waals surface area contributed by atoms with Crippen LogP contribution in [0.5, 0.6) is 11.5 Å². The molecule has 2 aromatic heterocycles. The van der Waals surface area contributed by atoms with Crippen molar-refractivity contribution < 1.29 is 28.7 Å². The smallest absolute Gasteiger partial charge is 0.195 e. The molecule has 2 heterocycles. The fraction of sp³-hybridized carbons (Fsp3) is 0.0189. The summed E-state index contributed by atoms with van der Waals surface area (Å²) in [7, 11) is 3.33. The van der Waals surface area contributed by atoms with Gasteiger partial charge in [-0.15, -0.1) is 22.7 Å². The largest absolute Gasteiger partial charge is 0.496 e. The van der Waals surface area contributed by atoms with Crippen molar-refractivity contribution in [3.8, 4) is 97.8 Å². The number of carbonyl (C=O) groups excluding carboxylic acids is 4. The molecule has 544 valence electrons. The van der Waals surface area contributed by atoms with Gasteiger partial charge in [-0.1, -0.05) is 364 Å². The average molecular weight is 1510 g/mol. The van der Waals surface area contributed by atoms with E-state index in [9.17, 15) is 9.59 Å². The van der Waals surface area contributed by atoms with Gasteiger partial charge in [0.1, 0.15) is 11.5 Å². The standard InChI is InChI=1S/C54H36O4.C52H36O2S2/c1-58-44-33-42(51-45(35-20-8-2-9-21-35)47(37-24-12-4-13-25-37)53(56)49(51)39-28-16-6-17-29-39)41(34-55)32-43(44)52-46(36-22-10-3-11-23-36)48(38-26-14-5-15-27-38)54(57)50(52)40-30-18-7-19-31-40;1-54-44-33-42(47-45(35-20-8-2-9-21-35)49(37-24-12-4-13-25-37)55-51(47)39-28-16-6-17-29-39)41(34-53)32-43(44)48-46(36-22-10-3-11-23-36)50(38-26-14-5-15-27-38)56-52(48)40-30-18-7-19-31-40/h2-34H,1H3;2-34H,1H3. The summed E-state index contributed by atoms with van der Waals surface area (Å²) in [4.78, 5) is 61.9. The number of Topliss-reactive ketones (excluding diaryl/α,β-unsaturated/α-hetero) is 2. The lowest BCUT2D eigenvalue weighted by Gasteiger charge is -2.21. The van der Waals surface area contributed by atoms with E-state index >= 15 is 9.59 Å². The van der Waals surface area contributed by atoms with Gasteiger partial charge in [-0.3, -0.25) is 19.2 Å². The number of benzene rings is 14. The normalized spacial score (nSPS) is 12.6. The number of ether oxygens (including phenoxy) is 2. The number of aldehydes is 2. The van der Waals surface area contributed by atoms with E-state index < -0.39 is 0 Å². The lowest BCUT2D eigenvalue weighted by atomic mass is 9.83. The highest BCUT2D eigenvalue weighted by molar-refractivity contribution is 7.20. The van der Waals surface area contributed by atoms with Gasteiger partial charge in [-0.05, 0) is 102 Å². The van der Waals surface area contributed by atoms with Crippen LogP contribution >= 0.6 is 22.7 Å². The predicted octanol–water partition coefficient (Wildman–Crippen LogP) is 26.7. The molecule has 0 bridgehead atoms. The third-order valence-electron chi connectivity index (χ3n) is 20.9. The van der Waals surface area contributed by atoms with E-state index in [0.29, 0.717) is 67.2 Å². The van der Waals surface area contributed by atoms with Crippen LogP contribution in [0.1, 0.15) is 65.2 Å². The molecular formula is C106H72O6S2. The summed E-state index contributed by atoms with van der Waals surface area (Å²) in [5, 5.41) is 0. The highest BCUT2D eigenvalue weighted by Gasteiger charge is 2.40. The lowest BCUT2D eigenvalue weighted by Crippen LogP contribution is -2.04. The second-order valence-corrected chi connectivity index (χ2v) is 29.6. The molecule has 0 radical (unpaired) electrons. The van der Waals surface area contributed by atoms with Crippen LogP contribution in [0, 0.1) is 0 Å². The van der Waals surface area contributed by atoms with E-state index in [1.54, 1.807) is 36.9 Å². The zero-order valence-corrected chi connectivity index (χ0v) is 64.0. The van der Waals surface area contributed by atoms with Gasteiger partial charge in [-0.2, -0.15) is 0 Å². The van der Waals surface area contributed by atoms with Crippen molar-refractivity contribution in [1.29, 1.82) is 0 Å². The highest BCUT2D eigenvalue weighted by atomic mass is 32.1. The van der Waals surface area contributed by atoms with E-state index in [-0.39, 0.29) is 11.6 Å². The maximum absolute atomic E-state index is 15.0. The monoisotopic (exact) mass is 1500 g/mol. The third-order valence-corrected chi connectivity index (χ3v) is 23.5. The summed E-state index contributed by atoms with van der Waals surface area (Å²) < 4.78 is 12.7. The number of carbonyl (C=O) groups is 4. The van der Waals surface area contributed by atoms with Crippen LogP contribution < -0.4 is 9.47 Å². The van der Waals surface area contributed by atoms with Gasteiger partial charge >= 0.3 is 0 Å². The number of ketones is 2. The number of hydrogen-bond donors (Lipinski definition) is 0. The predicted molar refractivity (Wildman–Crippen MR) is 472 cm³/mol. The third kappa shape index (κ3) is 13.8. The molecule has 0 spiro atoms. The maximum atomic E-state index is 15.0. The van der Waals surface area contributed by atoms with E-state index in [4.69, 9.17) is 9.47 Å². The van der Waals surface area contributed by atoms with Crippen molar-refractivity contribution in [2.24, 2.45) is 0 Å². The van der Waals surface area contributed by atoms with Crippen molar-refractivity contribution in [2.45, 2.75) is 0 Å². The van der Waals surface area contributed by atoms with E-state index in [2.05, 4.69) is 170 Å². The van der Waals surface area contributed by atoms with E-state index in [1.165, 1.54) is 0 Å². The molecular weight excluding hydrogens is 1430 g/mol. The Morgan fingerprint density at radius 2 is 0.421 bits per heavy atom. The first-order chi connectivity index (χ1) is 56.3. The van der Waals surface area contributed by atoms with Crippen molar-refractivity contribution in [2.75, 3.05) is 14.2 Å². The van der Waals surface area contributed by atoms with Crippen molar-refractivity contribution in [1.82, 2.24) is 0 Å². The summed E-state index contributed by atoms with van der Waals surface area (Å²) in [5.41, 5.74) is 24.3. The number of thiophene rings is 2. The molecule has 8 heteroatoms. The first kappa shape index (κ1) is 72.6. The Bertz CT molecular complexity index is 6400. The second-order valence-electron chi connectivity index (χ2n) is 27.6. The van der Waals surface area contributed by atoms with Crippen LogP contribution in [0.3, 0.4) is 0 Å². The van der Waals surface area contributed by atoms with E-state index in [0.717, 1.165) is 143 Å². The molecule has 0 saturated carbocycles. The summed E-state index contributed by atoms with van der Waals surface area (Å²) >= 11 is 3.53. The summed E-state index contributed by atoms with van der Waals surface area (Å²) in [6.07, 6.45) is 1.85. The van der Waals surface area contributed by atoms with Crippen LogP contribution in [0.4, 0.5) is 0 Å². The Kier molecular flexibility index (Phi) is 20.8. The maximum Gasteiger partial charge on any atom is 0.195 e. The first-order valence-corrected chi connectivity index (χ1v) is 39.4. The molecule has 0 saturated heterocycles. The van der Waals surface area contributed by atoms with Gasteiger partial charge in [0.15, 0.2) is 24.1 Å². The Morgan fingerprint density at radius 1 is 0.211 bits per heavy atom. The zero-order chi connectivity index (χ0) is 77.4. The minimum absolute atomic E-state index is 0.123. The van der Waals surface area contributed by atoms with Gasteiger partial charge in [0, 0.05) is 109 Å².